The molecular weight excluding hydrogens is 711 g/mol. The number of fused-ring (bicyclic) bond motifs is 5. The van der Waals surface area contributed by atoms with Crippen molar-refractivity contribution in [2.24, 2.45) is 24.3 Å². The number of aromatic nitrogens is 5. The standard InChI is InChI=1S/C43H51N7O4S/c1-25(2)15-29-12-9-11-26(3)36(29)37-27(4)39-47-41(46-37)48-55(52,53)33-14-10-13-30(16-33)40(51)50(32(24-54-39)21-43-18-28(19-43)20-43)23-31-22-44-34-17-35(42(5,6)7)49(8)38(34)45-31/h9-14,16-17,22,25,28,32H,15,18-21,23-24H2,1-8H3,(H,46,47,48)/t28?,32-,43?/m1/s1. The van der Waals surface area contributed by atoms with Crippen LogP contribution in [0.3, 0.4) is 0 Å². The van der Waals surface area contributed by atoms with Crippen LogP contribution in [0.25, 0.3) is 22.4 Å². The Balaban J connectivity index is 1.27. The third kappa shape index (κ3) is 6.87. The number of hydrogen-bond acceptors (Lipinski definition) is 8. The topological polar surface area (TPSA) is 132 Å². The highest BCUT2D eigenvalue weighted by Crippen LogP contribution is 2.67. The van der Waals surface area contributed by atoms with Gasteiger partial charge in [-0.25, -0.2) is 23.1 Å². The zero-order chi connectivity index (χ0) is 39.0. The molecule has 1 amide bonds. The van der Waals surface area contributed by atoms with Gasteiger partial charge >= 0.3 is 0 Å². The molecule has 3 aliphatic carbocycles. The van der Waals surface area contributed by atoms with E-state index in [1.54, 1.807) is 18.3 Å². The fraction of sp³-hybridized carbons (Fsp3) is 0.465. The van der Waals surface area contributed by atoms with E-state index in [-0.39, 0.29) is 58.2 Å². The molecule has 0 saturated heterocycles. The first kappa shape index (κ1) is 37.1. The highest BCUT2D eigenvalue weighted by Gasteiger charge is 2.57. The van der Waals surface area contributed by atoms with Crippen molar-refractivity contribution in [3.63, 3.8) is 0 Å². The normalized spacial score (nSPS) is 21.8. The average molecular weight is 762 g/mol. The zero-order valence-corrected chi connectivity index (χ0v) is 33.9. The molecule has 288 valence electrons. The lowest BCUT2D eigenvalue weighted by molar-refractivity contribution is -0.126. The van der Waals surface area contributed by atoms with E-state index < -0.39 is 10.0 Å². The van der Waals surface area contributed by atoms with Gasteiger partial charge in [0.15, 0.2) is 5.65 Å². The van der Waals surface area contributed by atoms with E-state index in [0.29, 0.717) is 22.9 Å². The molecule has 4 aliphatic rings. The van der Waals surface area contributed by atoms with Crippen LogP contribution in [0.2, 0.25) is 0 Å². The molecule has 5 aromatic rings. The number of carbonyl (C=O) groups is 1. The number of sulfonamides is 1. The van der Waals surface area contributed by atoms with Crippen molar-refractivity contribution in [1.29, 1.82) is 0 Å². The van der Waals surface area contributed by atoms with E-state index in [4.69, 9.17) is 24.7 Å². The molecule has 3 saturated carbocycles. The maximum atomic E-state index is 14.8. The molecule has 1 atom stereocenters. The largest absolute Gasteiger partial charge is 0.475 e. The highest BCUT2D eigenvalue weighted by atomic mass is 32.2. The van der Waals surface area contributed by atoms with E-state index >= 15 is 0 Å². The van der Waals surface area contributed by atoms with Gasteiger partial charge in [0, 0.05) is 34.8 Å². The molecule has 2 aromatic carbocycles. The van der Waals surface area contributed by atoms with Gasteiger partial charge in [-0.15, -0.1) is 0 Å². The Hall–Kier alpha value is -4.84. The average Bonchev–Trinajstić information content (AvgIpc) is 3.42. The van der Waals surface area contributed by atoms with Crippen LogP contribution in [-0.2, 0) is 35.5 Å². The van der Waals surface area contributed by atoms with E-state index in [1.807, 2.05) is 37.9 Å². The van der Waals surface area contributed by atoms with Gasteiger partial charge < -0.3 is 14.2 Å². The van der Waals surface area contributed by atoms with E-state index in [0.717, 1.165) is 71.6 Å². The second-order valence-electron chi connectivity index (χ2n) is 17.7. The maximum Gasteiger partial charge on any atom is 0.264 e. The summed E-state index contributed by atoms with van der Waals surface area (Å²) in [6, 6.07) is 14.1. The minimum Gasteiger partial charge on any atom is -0.475 e. The van der Waals surface area contributed by atoms with E-state index in [9.17, 15) is 13.2 Å². The fourth-order valence-electron chi connectivity index (χ4n) is 9.04. The molecule has 3 fully saturated rings. The second kappa shape index (κ2) is 13.4. The van der Waals surface area contributed by atoms with Crippen LogP contribution in [0.5, 0.6) is 5.88 Å². The molecule has 11 nitrogen and oxygen atoms in total. The second-order valence-corrected chi connectivity index (χ2v) is 19.3. The third-order valence-electron chi connectivity index (χ3n) is 11.8. The molecule has 3 aromatic heterocycles. The van der Waals surface area contributed by atoms with Crippen molar-refractivity contribution in [3.8, 4) is 17.1 Å². The summed E-state index contributed by atoms with van der Waals surface area (Å²) in [4.78, 5) is 36.0. The van der Waals surface area contributed by atoms with Crippen LogP contribution in [0, 0.1) is 31.1 Å². The minimum atomic E-state index is -4.21. The summed E-state index contributed by atoms with van der Waals surface area (Å²) in [5, 5.41) is 0. The molecule has 9 rings (SSSR count). The fourth-order valence-corrected chi connectivity index (χ4v) is 10.0. The van der Waals surface area contributed by atoms with Crippen molar-refractivity contribution in [2.45, 2.75) is 103 Å². The Morgan fingerprint density at radius 2 is 1.76 bits per heavy atom. The SMILES string of the molecule is Cc1cccc(CC(C)C)c1-c1nc2nc(c1C)OC[C@@H](CC13CC(C1)C3)N(Cc1cnc3cc(C(C)(C)C)n(C)c3n1)C(=O)c1cccc(c1)S(=O)(=O)N2. The zero-order valence-electron chi connectivity index (χ0n) is 33.1. The van der Waals surface area contributed by atoms with Gasteiger partial charge in [-0.3, -0.25) is 9.78 Å². The molecule has 0 unspecified atom stereocenters. The van der Waals surface area contributed by atoms with Crippen LogP contribution >= 0.6 is 0 Å². The number of benzene rings is 2. The molecule has 12 heteroatoms. The van der Waals surface area contributed by atoms with Gasteiger partial charge in [0.05, 0.1) is 35.1 Å². The number of aryl methyl sites for hydroxylation is 2. The number of ether oxygens (including phenoxy) is 1. The highest BCUT2D eigenvalue weighted by molar-refractivity contribution is 7.92. The minimum absolute atomic E-state index is 0.0576. The number of nitrogens with zero attached hydrogens (tertiary/aromatic N) is 6. The Kier molecular flexibility index (Phi) is 9.06. The Morgan fingerprint density at radius 1 is 1.02 bits per heavy atom. The number of anilines is 1. The molecule has 1 N–H and O–H groups in total. The molecule has 0 spiro atoms. The van der Waals surface area contributed by atoms with E-state index in [2.05, 4.69) is 56.0 Å². The van der Waals surface area contributed by atoms with Crippen LogP contribution < -0.4 is 9.46 Å². The van der Waals surface area contributed by atoms with Crippen molar-refractivity contribution in [1.82, 2.24) is 29.4 Å². The van der Waals surface area contributed by atoms with Gasteiger partial charge in [-0.2, -0.15) is 4.98 Å². The molecule has 55 heavy (non-hydrogen) atoms. The molecule has 1 aliphatic heterocycles. The molecular formula is C43H51N7O4S. The van der Waals surface area contributed by atoms with Crippen molar-refractivity contribution < 1.29 is 17.9 Å². The summed E-state index contributed by atoms with van der Waals surface area (Å²) in [6.07, 6.45) is 6.74. The van der Waals surface area contributed by atoms with Gasteiger partial charge in [-0.1, -0.05) is 58.9 Å². The van der Waals surface area contributed by atoms with E-state index in [1.165, 1.54) is 12.1 Å². The number of hydrogen-bond donors (Lipinski definition) is 1. The first-order valence-electron chi connectivity index (χ1n) is 19.4. The van der Waals surface area contributed by atoms with Crippen molar-refractivity contribution in [3.05, 3.63) is 88.4 Å². The summed E-state index contributed by atoms with van der Waals surface area (Å²) in [5.74, 6) is 1.04. The summed E-state index contributed by atoms with van der Waals surface area (Å²) in [6.45, 7) is 15.1. The Morgan fingerprint density at radius 3 is 2.45 bits per heavy atom. The number of nitrogens with one attached hydrogen (secondary N) is 1. The van der Waals surface area contributed by atoms with Crippen molar-refractivity contribution >= 4 is 33.0 Å². The first-order valence-corrected chi connectivity index (χ1v) is 20.8. The lowest BCUT2D eigenvalue weighted by Gasteiger charge is -2.63. The lowest BCUT2D eigenvalue weighted by Crippen LogP contribution is -2.56. The van der Waals surface area contributed by atoms with Crippen molar-refractivity contribution in [2.75, 3.05) is 11.3 Å². The smallest absolute Gasteiger partial charge is 0.264 e. The quantitative estimate of drug-likeness (QED) is 0.177. The van der Waals surface area contributed by atoms with Gasteiger partial charge in [0.2, 0.25) is 11.8 Å². The first-order chi connectivity index (χ1) is 26.0. The van der Waals surface area contributed by atoms with Crippen LogP contribution in [0.1, 0.15) is 98.7 Å². The predicted octanol–water partition coefficient (Wildman–Crippen LogP) is 7.93. The number of carbonyl (C=O) groups excluding carboxylic acids is 1. The van der Waals surface area contributed by atoms with Crippen LogP contribution in [-0.4, -0.2) is 56.4 Å². The van der Waals surface area contributed by atoms with Gasteiger partial charge in [-0.05, 0) is 98.6 Å². The predicted molar refractivity (Wildman–Crippen MR) is 213 cm³/mol. The van der Waals surface area contributed by atoms with Crippen LogP contribution in [0.15, 0.2) is 59.6 Å². The number of rotatable bonds is 7. The molecule has 0 radical (unpaired) electrons. The monoisotopic (exact) mass is 761 g/mol. The maximum absolute atomic E-state index is 14.8. The third-order valence-corrected chi connectivity index (χ3v) is 13.1. The Bertz CT molecular complexity index is 2430. The van der Waals surface area contributed by atoms with Gasteiger partial charge in [0.25, 0.3) is 15.9 Å². The summed E-state index contributed by atoms with van der Waals surface area (Å²) >= 11 is 0. The summed E-state index contributed by atoms with van der Waals surface area (Å²) < 4.78 is 39.4. The lowest BCUT2D eigenvalue weighted by atomic mass is 9.43. The van der Waals surface area contributed by atoms with Gasteiger partial charge in [0.1, 0.15) is 12.1 Å². The number of amides is 1. The summed E-state index contributed by atoms with van der Waals surface area (Å²) in [5.41, 5.74) is 7.99. The molecule has 4 heterocycles. The Labute approximate surface area is 324 Å². The van der Waals surface area contributed by atoms with Crippen LogP contribution in [0.4, 0.5) is 5.95 Å². The summed E-state index contributed by atoms with van der Waals surface area (Å²) in [7, 11) is -2.21. The molecule has 6 bridgehead atoms.